The molecule has 0 atom stereocenters. The van der Waals surface area contributed by atoms with Crippen LogP contribution in [0.4, 0.5) is 0 Å². The van der Waals surface area contributed by atoms with Crippen LogP contribution in [-0.2, 0) is 9.84 Å². The van der Waals surface area contributed by atoms with Gasteiger partial charge in [0.25, 0.3) is 0 Å². The Kier molecular flexibility index (Phi) is 4.04. The van der Waals surface area contributed by atoms with E-state index in [1.165, 1.54) is 12.1 Å². The Balaban J connectivity index is 2.46. The lowest BCUT2D eigenvalue weighted by atomic mass is 10.1. The molecule has 0 bridgehead atoms. The lowest BCUT2D eigenvalue weighted by Gasteiger charge is -2.08. The van der Waals surface area contributed by atoms with Gasteiger partial charge in [0, 0.05) is 12.0 Å². The molecule has 0 radical (unpaired) electrons. The van der Waals surface area contributed by atoms with Crippen LogP contribution in [0.25, 0.3) is 0 Å². The lowest BCUT2D eigenvalue weighted by molar-refractivity contribution is 0.0988. The predicted octanol–water partition coefficient (Wildman–Crippen LogP) is 3.42. The quantitative estimate of drug-likeness (QED) is 0.810. The number of benzene rings is 2. The van der Waals surface area contributed by atoms with Gasteiger partial charge in [-0.2, -0.15) is 0 Å². The Hall–Kier alpha value is -1.94. The van der Waals surface area contributed by atoms with E-state index in [0.29, 0.717) is 22.4 Å². The fourth-order valence-electron chi connectivity index (χ4n) is 2.01. The molecule has 0 aromatic heterocycles. The molecule has 104 valence electrons. The second kappa shape index (κ2) is 5.59. The molecule has 2 rings (SSSR count). The van der Waals surface area contributed by atoms with Crippen molar-refractivity contribution < 1.29 is 13.2 Å². The summed E-state index contributed by atoms with van der Waals surface area (Å²) in [6.45, 7) is 3.54. The van der Waals surface area contributed by atoms with Crippen molar-refractivity contribution in [3.05, 3.63) is 59.7 Å². The number of ketones is 1. The van der Waals surface area contributed by atoms with Gasteiger partial charge in [-0.05, 0) is 30.7 Å². The van der Waals surface area contributed by atoms with Crippen LogP contribution in [0.3, 0.4) is 0 Å². The summed E-state index contributed by atoms with van der Waals surface area (Å²) in [6, 6.07) is 13.0. The molecule has 4 heteroatoms. The van der Waals surface area contributed by atoms with E-state index in [1.54, 1.807) is 50.2 Å². The zero-order valence-electron chi connectivity index (χ0n) is 11.5. The fourth-order valence-corrected chi connectivity index (χ4v) is 3.51. The van der Waals surface area contributed by atoms with Gasteiger partial charge in [-0.3, -0.25) is 4.79 Å². The van der Waals surface area contributed by atoms with Gasteiger partial charge in [0.05, 0.1) is 9.79 Å². The molecule has 0 unspecified atom stereocenters. The van der Waals surface area contributed by atoms with Crippen LogP contribution in [0.15, 0.2) is 58.3 Å². The van der Waals surface area contributed by atoms with E-state index in [-0.39, 0.29) is 10.7 Å². The van der Waals surface area contributed by atoms with Crippen molar-refractivity contribution in [2.24, 2.45) is 0 Å². The third-order valence-corrected chi connectivity index (χ3v) is 5.12. The Morgan fingerprint density at radius 2 is 1.60 bits per heavy atom. The highest BCUT2D eigenvalue weighted by Gasteiger charge is 2.19. The molecule has 0 spiro atoms. The molecule has 3 nitrogen and oxygen atoms in total. The second-order valence-corrected chi connectivity index (χ2v) is 6.49. The first-order valence-electron chi connectivity index (χ1n) is 6.41. The third-order valence-electron chi connectivity index (χ3n) is 3.19. The Morgan fingerprint density at radius 1 is 1.00 bits per heavy atom. The van der Waals surface area contributed by atoms with E-state index in [9.17, 15) is 13.2 Å². The minimum atomic E-state index is -3.53. The van der Waals surface area contributed by atoms with Crippen molar-refractivity contribution in [1.82, 2.24) is 0 Å². The number of rotatable bonds is 4. The number of aryl methyl sites for hydroxylation is 1. The largest absolute Gasteiger partial charge is 0.294 e. The Morgan fingerprint density at radius 3 is 2.15 bits per heavy atom. The number of hydrogen-bond acceptors (Lipinski definition) is 3. The monoisotopic (exact) mass is 288 g/mol. The van der Waals surface area contributed by atoms with E-state index < -0.39 is 9.84 Å². The molecule has 0 saturated carbocycles. The standard InChI is InChI=1S/C16H16O3S/c1-3-15(17)13-8-10-14(11-9-13)20(18,19)16-7-5-4-6-12(16)2/h4-11H,3H2,1-2H3. The zero-order valence-corrected chi connectivity index (χ0v) is 12.3. The van der Waals surface area contributed by atoms with E-state index in [2.05, 4.69) is 0 Å². The van der Waals surface area contributed by atoms with Crippen LogP contribution in [0.2, 0.25) is 0 Å². The molecule has 0 N–H and O–H groups in total. The summed E-state index contributed by atoms with van der Waals surface area (Å²) in [5.74, 6) is 0.00448. The van der Waals surface area contributed by atoms with E-state index in [4.69, 9.17) is 0 Å². The molecule has 0 aliphatic rings. The van der Waals surface area contributed by atoms with Crippen molar-refractivity contribution in [2.75, 3.05) is 0 Å². The summed E-state index contributed by atoms with van der Waals surface area (Å²) in [5.41, 5.74) is 1.25. The SMILES string of the molecule is CCC(=O)c1ccc(S(=O)(=O)c2ccccc2C)cc1. The minimum absolute atomic E-state index is 0.00448. The van der Waals surface area contributed by atoms with E-state index in [0.717, 1.165) is 0 Å². The molecule has 0 heterocycles. The van der Waals surface area contributed by atoms with Gasteiger partial charge < -0.3 is 0 Å². The average molecular weight is 288 g/mol. The molecule has 0 amide bonds. The summed E-state index contributed by atoms with van der Waals surface area (Å²) in [5, 5.41) is 0. The first-order chi connectivity index (χ1) is 9.46. The molecular weight excluding hydrogens is 272 g/mol. The molecule has 0 fully saturated rings. The van der Waals surface area contributed by atoms with Gasteiger partial charge in [0.2, 0.25) is 9.84 Å². The summed E-state index contributed by atoms with van der Waals surface area (Å²) in [4.78, 5) is 12.1. The maximum atomic E-state index is 12.5. The molecule has 2 aromatic carbocycles. The molecule has 0 saturated heterocycles. The predicted molar refractivity (Wildman–Crippen MR) is 77.7 cm³/mol. The highest BCUT2D eigenvalue weighted by atomic mass is 32.2. The first-order valence-corrected chi connectivity index (χ1v) is 7.89. The number of carbonyl (C=O) groups is 1. The molecule has 20 heavy (non-hydrogen) atoms. The lowest BCUT2D eigenvalue weighted by Crippen LogP contribution is -2.05. The van der Waals surface area contributed by atoms with Gasteiger partial charge >= 0.3 is 0 Å². The van der Waals surface area contributed by atoms with Gasteiger partial charge in [0.15, 0.2) is 5.78 Å². The molecule has 0 aliphatic carbocycles. The summed E-state index contributed by atoms with van der Waals surface area (Å²) in [7, 11) is -3.53. The van der Waals surface area contributed by atoms with Crippen LogP contribution in [0, 0.1) is 6.92 Å². The van der Waals surface area contributed by atoms with E-state index in [1.807, 2.05) is 0 Å². The van der Waals surface area contributed by atoms with Crippen LogP contribution in [0.1, 0.15) is 29.3 Å². The van der Waals surface area contributed by atoms with Crippen LogP contribution in [-0.4, -0.2) is 14.2 Å². The normalized spacial score (nSPS) is 11.3. The van der Waals surface area contributed by atoms with Crippen molar-refractivity contribution in [1.29, 1.82) is 0 Å². The second-order valence-electron chi connectivity index (χ2n) is 4.57. The third kappa shape index (κ3) is 2.65. The molecule has 0 aliphatic heterocycles. The van der Waals surface area contributed by atoms with Crippen LogP contribution >= 0.6 is 0 Å². The topological polar surface area (TPSA) is 51.2 Å². The summed E-state index contributed by atoms with van der Waals surface area (Å²) < 4.78 is 25.0. The highest BCUT2D eigenvalue weighted by Crippen LogP contribution is 2.24. The maximum absolute atomic E-state index is 12.5. The van der Waals surface area contributed by atoms with Crippen LogP contribution in [0.5, 0.6) is 0 Å². The average Bonchev–Trinajstić information content (AvgIpc) is 2.47. The van der Waals surface area contributed by atoms with Crippen molar-refractivity contribution in [2.45, 2.75) is 30.1 Å². The summed E-state index contributed by atoms with van der Waals surface area (Å²) >= 11 is 0. The highest BCUT2D eigenvalue weighted by molar-refractivity contribution is 7.91. The van der Waals surface area contributed by atoms with Gasteiger partial charge in [0.1, 0.15) is 0 Å². The number of hydrogen-bond donors (Lipinski definition) is 0. The van der Waals surface area contributed by atoms with Crippen molar-refractivity contribution in [3.8, 4) is 0 Å². The van der Waals surface area contributed by atoms with Crippen molar-refractivity contribution >= 4 is 15.6 Å². The summed E-state index contributed by atoms with van der Waals surface area (Å²) in [6.07, 6.45) is 0.407. The number of carbonyl (C=O) groups excluding carboxylic acids is 1. The van der Waals surface area contributed by atoms with Gasteiger partial charge in [-0.25, -0.2) is 8.42 Å². The van der Waals surface area contributed by atoms with Gasteiger partial charge in [-0.15, -0.1) is 0 Å². The Labute approximate surface area is 119 Å². The smallest absolute Gasteiger partial charge is 0.206 e. The number of Topliss-reactive ketones (excluding diaryl/α,β-unsaturated/α-hetero) is 1. The van der Waals surface area contributed by atoms with Gasteiger partial charge in [-0.1, -0.05) is 37.3 Å². The number of sulfone groups is 1. The van der Waals surface area contributed by atoms with Crippen LogP contribution < -0.4 is 0 Å². The maximum Gasteiger partial charge on any atom is 0.206 e. The first kappa shape index (κ1) is 14.5. The minimum Gasteiger partial charge on any atom is -0.294 e. The molecule has 2 aromatic rings. The fraction of sp³-hybridized carbons (Fsp3) is 0.188. The van der Waals surface area contributed by atoms with E-state index >= 15 is 0 Å². The molecular formula is C16H16O3S. The van der Waals surface area contributed by atoms with Crippen molar-refractivity contribution in [3.63, 3.8) is 0 Å². The zero-order chi connectivity index (χ0) is 14.8. The Bertz CT molecular complexity index is 729.